The van der Waals surface area contributed by atoms with E-state index in [-0.39, 0.29) is 23.6 Å². The maximum atomic E-state index is 14.4. The van der Waals surface area contributed by atoms with Crippen LogP contribution in [0.2, 0.25) is 0 Å². The Labute approximate surface area is 187 Å². The van der Waals surface area contributed by atoms with E-state index in [0.717, 1.165) is 6.07 Å². The number of hydrogen-bond donors (Lipinski definition) is 3. The zero-order valence-electron chi connectivity index (χ0n) is 17.2. The lowest BCUT2D eigenvalue weighted by atomic mass is 9.98. The summed E-state index contributed by atoms with van der Waals surface area (Å²) < 4.78 is 21.5. The molecule has 2 atom stereocenters. The van der Waals surface area contributed by atoms with Gasteiger partial charge in [-0.05, 0) is 36.4 Å². The molecule has 8 nitrogen and oxygen atoms in total. The Hall–Kier alpha value is -4.24. The molecule has 0 saturated heterocycles. The summed E-state index contributed by atoms with van der Waals surface area (Å²) in [7, 11) is 0. The first-order chi connectivity index (χ1) is 16.0. The van der Waals surface area contributed by atoms with Gasteiger partial charge in [0, 0.05) is 17.3 Å². The van der Waals surface area contributed by atoms with E-state index < -0.39 is 29.8 Å². The predicted molar refractivity (Wildman–Crippen MR) is 118 cm³/mol. The smallest absolute Gasteiger partial charge is 0.274 e. The summed E-state index contributed by atoms with van der Waals surface area (Å²) in [4.78, 5) is 29.8. The molecule has 0 radical (unpaired) electrons. The number of carbonyl (C=O) groups excluding carboxylic acids is 2. The molecule has 4 aromatic rings. The van der Waals surface area contributed by atoms with Crippen molar-refractivity contribution in [3.8, 4) is 5.75 Å². The molecule has 0 spiro atoms. The molecule has 9 heteroatoms. The fraction of sp³-hybridized carbons (Fsp3) is 0.125. The highest BCUT2D eigenvalue weighted by Gasteiger charge is 2.31. The molecular formula is C24H19FN4O4. The van der Waals surface area contributed by atoms with Crippen molar-refractivity contribution < 1.29 is 23.8 Å². The monoisotopic (exact) mass is 446 g/mol. The summed E-state index contributed by atoms with van der Waals surface area (Å²) in [6.45, 7) is 0.0337. The second kappa shape index (κ2) is 8.36. The zero-order chi connectivity index (χ0) is 22.9. The highest BCUT2D eigenvalue weighted by molar-refractivity contribution is 6.04. The number of anilines is 1. The molecule has 166 valence electrons. The number of pyridine rings is 1. The van der Waals surface area contributed by atoms with Crippen molar-refractivity contribution in [2.24, 2.45) is 0 Å². The first-order valence-electron chi connectivity index (χ1n) is 10.2. The van der Waals surface area contributed by atoms with Gasteiger partial charge >= 0.3 is 0 Å². The van der Waals surface area contributed by atoms with Crippen LogP contribution in [-0.2, 0) is 0 Å². The molecule has 3 heterocycles. The number of hydrogen-bond acceptors (Lipinski definition) is 5. The minimum Gasteiger partial charge on any atom is -0.490 e. The highest BCUT2D eigenvalue weighted by Crippen LogP contribution is 2.32. The van der Waals surface area contributed by atoms with Crippen LogP contribution in [0.25, 0.3) is 5.65 Å². The topological polar surface area (TPSA) is 105 Å². The van der Waals surface area contributed by atoms with Crippen LogP contribution in [0.1, 0.15) is 32.5 Å². The van der Waals surface area contributed by atoms with Gasteiger partial charge in [-0.2, -0.15) is 0 Å². The molecule has 33 heavy (non-hydrogen) atoms. The summed E-state index contributed by atoms with van der Waals surface area (Å²) in [5.41, 5.74) is 1.42. The molecule has 0 bridgehead atoms. The molecule has 0 fully saturated rings. The molecule has 2 aromatic heterocycles. The molecule has 0 saturated carbocycles. The number of para-hydroxylation sites is 1. The number of benzene rings is 2. The first-order valence-corrected chi connectivity index (χ1v) is 10.2. The van der Waals surface area contributed by atoms with Gasteiger partial charge < -0.3 is 20.5 Å². The molecule has 1 aliphatic rings. The van der Waals surface area contributed by atoms with E-state index in [2.05, 4.69) is 15.6 Å². The van der Waals surface area contributed by atoms with Crippen LogP contribution in [-0.4, -0.2) is 39.0 Å². The average molecular weight is 446 g/mol. The van der Waals surface area contributed by atoms with Crippen molar-refractivity contribution in [3.05, 3.63) is 95.7 Å². The van der Waals surface area contributed by atoms with Crippen LogP contribution >= 0.6 is 0 Å². The number of nitrogens with zero attached hydrogens (tertiary/aromatic N) is 2. The van der Waals surface area contributed by atoms with E-state index in [1.54, 1.807) is 53.1 Å². The number of carbonyl (C=O) groups is 2. The van der Waals surface area contributed by atoms with E-state index in [1.165, 1.54) is 18.3 Å². The maximum absolute atomic E-state index is 14.4. The number of amides is 2. The normalized spacial score (nSPS) is 17.2. The summed E-state index contributed by atoms with van der Waals surface area (Å²) in [5.74, 6) is -1.21. The molecule has 0 aliphatic carbocycles. The minimum absolute atomic E-state index is 0.0337. The Bertz CT molecular complexity index is 1370. The van der Waals surface area contributed by atoms with Gasteiger partial charge in [0.1, 0.15) is 35.6 Å². The maximum Gasteiger partial charge on any atom is 0.274 e. The molecule has 1 aliphatic heterocycles. The standard InChI is InChI=1S/C24H19FN4O4/c25-16-9-8-14(23(31)28-22-15-5-1-2-6-20(15)33-13-19(22)30)11-17(16)27-24(32)18-12-26-21-7-3-4-10-29(18)21/h1-12,19,22,30H,13H2,(H,27,32)(H,28,31)/t19-,22+/m1/s1. The van der Waals surface area contributed by atoms with Crippen LogP contribution < -0.4 is 15.4 Å². The van der Waals surface area contributed by atoms with Gasteiger partial charge in [0.15, 0.2) is 0 Å². The van der Waals surface area contributed by atoms with Crippen LogP contribution in [0.4, 0.5) is 10.1 Å². The lowest BCUT2D eigenvalue weighted by Gasteiger charge is -2.31. The Balaban J connectivity index is 1.37. The highest BCUT2D eigenvalue weighted by atomic mass is 19.1. The second-order valence-corrected chi connectivity index (χ2v) is 7.59. The molecule has 0 unspecified atom stereocenters. The number of rotatable bonds is 4. The number of halogens is 1. The van der Waals surface area contributed by atoms with E-state index in [1.807, 2.05) is 0 Å². The fourth-order valence-electron chi connectivity index (χ4n) is 3.80. The van der Waals surface area contributed by atoms with Crippen LogP contribution in [0, 0.1) is 5.82 Å². The van der Waals surface area contributed by atoms with Crippen LogP contribution in [0.15, 0.2) is 73.1 Å². The van der Waals surface area contributed by atoms with Crippen molar-refractivity contribution in [2.75, 3.05) is 11.9 Å². The van der Waals surface area contributed by atoms with Crippen molar-refractivity contribution in [1.82, 2.24) is 14.7 Å². The summed E-state index contributed by atoms with van der Waals surface area (Å²) >= 11 is 0. The van der Waals surface area contributed by atoms with Crippen LogP contribution in [0.3, 0.4) is 0 Å². The zero-order valence-corrected chi connectivity index (χ0v) is 17.2. The number of ether oxygens (including phenoxy) is 1. The minimum atomic E-state index is -0.946. The number of imidazole rings is 1. The third kappa shape index (κ3) is 3.90. The van der Waals surface area contributed by atoms with E-state index in [4.69, 9.17) is 4.74 Å². The largest absolute Gasteiger partial charge is 0.490 e. The fourth-order valence-corrected chi connectivity index (χ4v) is 3.80. The van der Waals surface area contributed by atoms with Crippen molar-refractivity contribution in [3.63, 3.8) is 0 Å². The lowest BCUT2D eigenvalue weighted by Crippen LogP contribution is -2.42. The van der Waals surface area contributed by atoms with E-state index in [0.29, 0.717) is 17.0 Å². The SMILES string of the molecule is O=C(N[C@H]1c2ccccc2OC[C@H]1O)c1ccc(F)c(NC(=O)c2cnc3ccccn23)c1. The number of fused-ring (bicyclic) bond motifs is 2. The third-order valence-electron chi connectivity index (χ3n) is 5.46. The van der Waals surface area contributed by atoms with Crippen molar-refractivity contribution >= 4 is 23.1 Å². The molecule has 2 amide bonds. The van der Waals surface area contributed by atoms with Gasteiger partial charge in [-0.3, -0.25) is 14.0 Å². The van der Waals surface area contributed by atoms with E-state index in [9.17, 15) is 19.1 Å². The first kappa shape index (κ1) is 20.7. The van der Waals surface area contributed by atoms with Crippen molar-refractivity contribution in [2.45, 2.75) is 12.1 Å². The molecule has 2 aromatic carbocycles. The molecular weight excluding hydrogens is 427 g/mol. The summed E-state index contributed by atoms with van der Waals surface area (Å²) in [5, 5.41) is 15.6. The number of nitrogens with one attached hydrogen (secondary N) is 2. The number of aliphatic hydroxyl groups excluding tert-OH is 1. The Kier molecular flexibility index (Phi) is 5.23. The van der Waals surface area contributed by atoms with Crippen LogP contribution in [0.5, 0.6) is 5.75 Å². The van der Waals surface area contributed by atoms with Gasteiger partial charge in [0.05, 0.1) is 17.9 Å². The third-order valence-corrected chi connectivity index (χ3v) is 5.46. The predicted octanol–water partition coefficient (Wildman–Crippen LogP) is 2.95. The average Bonchev–Trinajstić information content (AvgIpc) is 3.26. The van der Waals surface area contributed by atoms with Gasteiger partial charge in [-0.1, -0.05) is 24.3 Å². The van der Waals surface area contributed by atoms with Gasteiger partial charge in [0.25, 0.3) is 11.8 Å². The number of aliphatic hydroxyl groups is 1. The second-order valence-electron chi connectivity index (χ2n) is 7.59. The lowest BCUT2D eigenvalue weighted by molar-refractivity contribution is 0.0502. The van der Waals surface area contributed by atoms with Gasteiger partial charge in [-0.25, -0.2) is 9.37 Å². The Morgan fingerprint density at radius 3 is 2.79 bits per heavy atom. The Morgan fingerprint density at radius 2 is 1.91 bits per heavy atom. The Morgan fingerprint density at radius 1 is 1.09 bits per heavy atom. The number of aromatic nitrogens is 2. The van der Waals surface area contributed by atoms with Crippen molar-refractivity contribution in [1.29, 1.82) is 0 Å². The van der Waals surface area contributed by atoms with Gasteiger partial charge in [-0.15, -0.1) is 0 Å². The van der Waals surface area contributed by atoms with Gasteiger partial charge in [0.2, 0.25) is 0 Å². The summed E-state index contributed by atoms with van der Waals surface area (Å²) in [6.07, 6.45) is 2.12. The molecule has 5 rings (SSSR count). The van der Waals surface area contributed by atoms with E-state index >= 15 is 0 Å². The quantitative estimate of drug-likeness (QED) is 0.447. The molecule has 3 N–H and O–H groups in total. The summed E-state index contributed by atoms with van der Waals surface area (Å²) in [6, 6.07) is 15.4.